The Morgan fingerprint density at radius 1 is 1.10 bits per heavy atom. The molecule has 21 heavy (non-hydrogen) atoms. The summed E-state index contributed by atoms with van der Waals surface area (Å²) in [4.78, 5) is 17.0. The SMILES string of the molecule is CCc1ccc(N2CC(C)N(C(=O)C3CC3)C(C)C2)cc1. The average Bonchev–Trinajstić information content (AvgIpc) is 3.31. The Labute approximate surface area is 127 Å². The molecule has 0 N–H and O–H groups in total. The predicted octanol–water partition coefficient (Wildman–Crippen LogP) is 3.08. The molecule has 1 aliphatic heterocycles. The van der Waals surface area contributed by atoms with E-state index in [1.54, 1.807) is 0 Å². The lowest BCUT2D eigenvalue weighted by Gasteiger charge is -2.45. The highest BCUT2D eigenvalue weighted by Gasteiger charge is 2.40. The Hall–Kier alpha value is -1.51. The minimum Gasteiger partial charge on any atom is -0.367 e. The van der Waals surface area contributed by atoms with E-state index in [1.165, 1.54) is 11.3 Å². The number of nitrogens with zero attached hydrogens (tertiary/aromatic N) is 2. The highest BCUT2D eigenvalue weighted by atomic mass is 16.2. The van der Waals surface area contributed by atoms with Crippen LogP contribution in [0.1, 0.15) is 39.2 Å². The van der Waals surface area contributed by atoms with Gasteiger partial charge in [-0.25, -0.2) is 0 Å². The van der Waals surface area contributed by atoms with Crippen LogP contribution in [0.25, 0.3) is 0 Å². The Morgan fingerprint density at radius 2 is 1.67 bits per heavy atom. The molecular formula is C18H26N2O. The summed E-state index contributed by atoms with van der Waals surface area (Å²) in [7, 11) is 0. The van der Waals surface area contributed by atoms with Crippen molar-refractivity contribution < 1.29 is 4.79 Å². The number of aryl methyl sites for hydroxylation is 1. The first-order chi connectivity index (χ1) is 10.1. The van der Waals surface area contributed by atoms with Gasteiger partial charge < -0.3 is 9.80 Å². The van der Waals surface area contributed by atoms with Gasteiger partial charge in [0.05, 0.1) is 0 Å². The molecule has 1 aromatic carbocycles. The lowest BCUT2D eigenvalue weighted by molar-refractivity contribution is -0.137. The van der Waals surface area contributed by atoms with E-state index < -0.39 is 0 Å². The molecule has 1 aliphatic carbocycles. The Morgan fingerprint density at radius 3 is 2.14 bits per heavy atom. The first kappa shape index (κ1) is 14.4. The zero-order chi connectivity index (χ0) is 15.0. The van der Waals surface area contributed by atoms with Crippen LogP contribution in [-0.4, -0.2) is 36.0 Å². The smallest absolute Gasteiger partial charge is 0.226 e. The van der Waals surface area contributed by atoms with Crippen molar-refractivity contribution in [3.05, 3.63) is 29.8 Å². The Bertz CT molecular complexity index is 494. The summed E-state index contributed by atoms with van der Waals surface area (Å²) in [5, 5.41) is 0. The number of rotatable bonds is 3. The van der Waals surface area contributed by atoms with Gasteiger partial charge in [0.1, 0.15) is 0 Å². The van der Waals surface area contributed by atoms with E-state index in [0.717, 1.165) is 32.4 Å². The summed E-state index contributed by atoms with van der Waals surface area (Å²) in [6.07, 6.45) is 3.27. The summed E-state index contributed by atoms with van der Waals surface area (Å²) in [6, 6.07) is 9.46. The fourth-order valence-electron chi connectivity index (χ4n) is 3.45. The number of carbonyl (C=O) groups excluding carboxylic acids is 1. The summed E-state index contributed by atoms with van der Waals surface area (Å²) in [5.74, 6) is 0.710. The number of carbonyl (C=O) groups is 1. The van der Waals surface area contributed by atoms with Crippen LogP contribution >= 0.6 is 0 Å². The molecule has 2 aliphatic rings. The number of hydrogen-bond acceptors (Lipinski definition) is 2. The van der Waals surface area contributed by atoms with Crippen molar-refractivity contribution >= 4 is 11.6 Å². The summed E-state index contributed by atoms with van der Waals surface area (Å²) >= 11 is 0. The molecule has 0 aromatic heterocycles. The fourth-order valence-corrected chi connectivity index (χ4v) is 3.45. The molecular weight excluding hydrogens is 260 g/mol. The molecule has 2 unspecified atom stereocenters. The Kier molecular flexibility index (Phi) is 3.92. The molecule has 0 radical (unpaired) electrons. The number of anilines is 1. The highest BCUT2D eigenvalue weighted by molar-refractivity contribution is 5.82. The minimum absolute atomic E-state index is 0.299. The zero-order valence-corrected chi connectivity index (χ0v) is 13.4. The second kappa shape index (κ2) is 5.70. The van der Waals surface area contributed by atoms with Crippen LogP contribution in [0, 0.1) is 5.92 Å². The standard InChI is InChI=1S/C18H26N2O/c1-4-15-5-9-17(10-6-15)19-11-13(2)20(14(3)12-19)18(21)16-7-8-16/h5-6,9-10,13-14,16H,4,7-8,11-12H2,1-3H3. The van der Waals surface area contributed by atoms with Crippen molar-refractivity contribution in [2.24, 2.45) is 5.92 Å². The molecule has 114 valence electrons. The number of piperazine rings is 1. The van der Waals surface area contributed by atoms with Crippen LogP contribution in [0.2, 0.25) is 0 Å². The maximum Gasteiger partial charge on any atom is 0.226 e. The van der Waals surface area contributed by atoms with Crippen molar-refractivity contribution in [1.82, 2.24) is 4.90 Å². The van der Waals surface area contributed by atoms with Gasteiger partial charge in [0.25, 0.3) is 0 Å². The first-order valence-electron chi connectivity index (χ1n) is 8.26. The van der Waals surface area contributed by atoms with Crippen LogP contribution in [0.15, 0.2) is 24.3 Å². The minimum atomic E-state index is 0.299. The second-order valence-corrected chi connectivity index (χ2v) is 6.64. The van der Waals surface area contributed by atoms with Gasteiger partial charge in [-0.15, -0.1) is 0 Å². The van der Waals surface area contributed by atoms with E-state index in [-0.39, 0.29) is 0 Å². The van der Waals surface area contributed by atoms with Gasteiger partial charge in [-0.2, -0.15) is 0 Å². The van der Waals surface area contributed by atoms with Crippen molar-refractivity contribution in [3.8, 4) is 0 Å². The van der Waals surface area contributed by atoms with Gasteiger partial charge in [0.15, 0.2) is 0 Å². The maximum atomic E-state index is 12.4. The number of amides is 1. The molecule has 1 amide bonds. The largest absolute Gasteiger partial charge is 0.367 e. The molecule has 1 aromatic rings. The van der Waals surface area contributed by atoms with Gasteiger partial charge in [0.2, 0.25) is 5.91 Å². The molecule has 0 spiro atoms. The van der Waals surface area contributed by atoms with Crippen molar-refractivity contribution in [2.45, 2.75) is 52.1 Å². The molecule has 3 nitrogen and oxygen atoms in total. The van der Waals surface area contributed by atoms with Crippen LogP contribution in [-0.2, 0) is 11.2 Å². The normalized spacial score (nSPS) is 26.0. The zero-order valence-electron chi connectivity index (χ0n) is 13.4. The third kappa shape index (κ3) is 2.92. The monoisotopic (exact) mass is 286 g/mol. The fraction of sp³-hybridized carbons (Fsp3) is 0.611. The summed E-state index contributed by atoms with van der Waals surface area (Å²) < 4.78 is 0. The van der Waals surface area contributed by atoms with Crippen molar-refractivity contribution in [2.75, 3.05) is 18.0 Å². The Balaban J connectivity index is 1.71. The topological polar surface area (TPSA) is 23.6 Å². The number of benzene rings is 1. The van der Waals surface area contributed by atoms with Gasteiger partial charge in [-0.1, -0.05) is 19.1 Å². The van der Waals surface area contributed by atoms with Gasteiger partial charge in [-0.3, -0.25) is 4.79 Å². The third-order valence-electron chi connectivity index (χ3n) is 4.81. The molecule has 2 fully saturated rings. The van der Waals surface area contributed by atoms with Crippen molar-refractivity contribution in [1.29, 1.82) is 0 Å². The van der Waals surface area contributed by atoms with E-state index in [2.05, 4.69) is 54.8 Å². The van der Waals surface area contributed by atoms with Gasteiger partial charge >= 0.3 is 0 Å². The molecule has 1 saturated heterocycles. The van der Waals surface area contributed by atoms with E-state index in [9.17, 15) is 4.79 Å². The van der Waals surface area contributed by atoms with Gasteiger partial charge in [-0.05, 0) is 50.8 Å². The van der Waals surface area contributed by atoms with Crippen LogP contribution in [0.4, 0.5) is 5.69 Å². The maximum absolute atomic E-state index is 12.4. The van der Waals surface area contributed by atoms with E-state index in [1.807, 2.05) is 0 Å². The lowest BCUT2D eigenvalue weighted by Crippen LogP contribution is -2.59. The quantitative estimate of drug-likeness (QED) is 0.852. The second-order valence-electron chi connectivity index (χ2n) is 6.64. The molecule has 2 atom stereocenters. The molecule has 3 rings (SSSR count). The average molecular weight is 286 g/mol. The number of hydrogen-bond donors (Lipinski definition) is 0. The lowest BCUT2D eigenvalue weighted by atomic mass is 10.0. The third-order valence-corrected chi connectivity index (χ3v) is 4.81. The van der Waals surface area contributed by atoms with Gasteiger partial charge in [0, 0.05) is 36.8 Å². The van der Waals surface area contributed by atoms with Crippen LogP contribution in [0.3, 0.4) is 0 Å². The van der Waals surface area contributed by atoms with E-state index in [4.69, 9.17) is 0 Å². The van der Waals surface area contributed by atoms with Crippen LogP contribution in [0.5, 0.6) is 0 Å². The molecule has 0 bridgehead atoms. The summed E-state index contributed by atoms with van der Waals surface area (Å²) in [5.41, 5.74) is 2.66. The van der Waals surface area contributed by atoms with E-state index in [0.29, 0.717) is 23.9 Å². The predicted molar refractivity (Wildman–Crippen MR) is 86.5 cm³/mol. The van der Waals surface area contributed by atoms with Crippen LogP contribution < -0.4 is 4.90 Å². The first-order valence-corrected chi connectivity index (χ1v) is 8.26. The highest BCUT2D eigenvalue weighted by Crippen LogP contribution is 2.34. The van der Waals surface area contributed by atoms with E-state index >= 15 is 0 Å². The summed E-state index contributed by atoms with van der Waals surface area (Å²) in [6.45, 7) is 8.43. The van der Waals surface area contributed by atoms with Crippen molar-refractivity contribution in [3.63, 3.8) is 0 Å². The molecule has 3 heteroatoms. The molecule has 1 heterocycles. The molecule has 1 saturated carbocycles.